The second kappa shape index (κ2) is 4.57. The molecule has 0 saturated carbocycles. The third kappa shape index (κ3) is 1.90. The number of nitrogens with zero attached hydrogens (tertiary/aromatic N) is 2. The smallest absolute Gasteiger partial charge is 0.355 e. The first kappa shape index (κ1) is 12.6. The monoisotopic (exact) mass is 286 g/mol. The molecule has 0 radical (unpaired) electrons. The Labute approximate surface area is 118 Å². The van der Waals surface area contributed by atoms with Gasteiger partial charge in [-0.15, -0.1) is 11.3 Å². The number of amides is 1. The van der Waals surface area contributed by atoms with Crippen molar-refractivity contribution in [1.29, 1.82) is 0 Å². The number of aromatic nitrogens is 1. The van der Waals surface area contributed by atoms with E-state index >= 15 is 0 Å². The number of carboxylic acid groups (broad SMARTS) is 1. The largest absolute Gasteiger partial charge is 0.476 e. The average molecular weight is 286 g/mol. The fraction of sp³-hybridized carbons (Fsp3) is 0.0714. The van der Waals surface area contributed by atoms with Crippen molar-refractivity contribution in [2.45, 2.75) is 6.54 Å². The Bertz CT molecular complexity index is 701. The normalized spacial score (nSPS) is 13.7. The number of carboxylic acids is 1. The fourth-order valence-electron chi connectivity index (χ4n) is 2.12. The number of hydrogen-bond acceptors (Lipinski definition) is 4. The van der Waals surface area contributed by atoms with Crippen molar-refractivity contribution in [2.24, 2.45) is 0 Å². The van der Waals surface area contributed by atoms with Gasteiger partial charge in [-0.05, 0) is 6.07 Å². The standard InChI is InChI=1S/C14H10N2O3S/c1-8-9-4-2-3-5-10(9)13(17)16(8)6-12-15-11(7-20-12)14(18)19/h2-5,7H,1,6H2,(H,18,19). The number of carbonyl (C=O) groups is 2. The summed E-state index contributed by atoms with van der Waals surface area (Å²) in [6.07, 6.45) is 0. The Morgan fingerprint density at radius 1 is 1.35 bits per heavy atom. The van der Waals surface area contributed by atoms with Crippen LogP contribution >= 0.6 is 11.3 Å². The molecule has 5 nitrogen and oxygen atoms in total. The Morgan fingerprint density at radius 2 is 2.05 bits per heavy atom. The zero-order valence-electron chi connectivity index (χ0n) is 10.4. The van der Waals surface area contributed by atoms with Crippen LogP contribution < -0.4 is 0 Å². The van der Waals surface area contributed by atoms with E-state index in [-0.39, 0.29) is 18.1 Å². The molecular weight excluding hydrogens is 276 g/mol. The summed E-state index contributed by atoms with van der Waals surface area (Å²) < 4.78 is 0. The van der Waals surface area contributed by atoms with Gasteiger partial charge in [0.15, 0.2) is 5.69 Å². The van der Waals surface area contributed by atoms with E-state index in [1.165, 1.54) is 21.6 Å². The molecule has 100 valence electrons. The van der Waals surface area contributed by atoms with E-state index in [2.05, 4.69) is 11.6 Å². The first-order chi connectivity index (χ1) is 9.58. The lowest BCUT2D eigenvalue weighted by molar-refractivity contribution is 0.0691. The molecule has 1 N–H and O–H groups in total. The number of carbonyl (C=O) groups excluding carboxylic acids is 1. The van der Waals surface area contributed by atoms with Crippen LogP contribution in [0, 0.1) is 0 Å². The number of aromatic carboxylic acids is 1. The van der Waals surface area contributed by atoms with Crippen LogP contribution in [0.1, 0.15) is 31.4 Å². The fourth-order valence-corrected chi connectivity index (χ4v) is 2.87. The van der Waals surface area contributed by atoms with Crippen LogP contribution in [0.5, 0.6) is 0 Å². The third-order valence-electron chi connectivity index (χ3n) is 3.10. The highest BCUT2D eigenvalue weighted by Crippen LogP contribution is 2.32. The summed E-state index contributed by atoms with van der Waals surface area (Å²) in [7, 11) is 0. The SMILES string of the molecule is C=C1c2ccccc2C(=O)N1Cc1nc(C(=O)O)cs1. The molecular formula is C14H10N2O3S. The van der Waals surface area contributed by atoms with Gasteiger partial charge in [0.2, 0.25) is 0 Å². The van der Waals surface area contributed by atoms with E-state index in [9.17, 15) is 9.59 Å². The third-order valence-corrected chi connectivity index (χ3v) is 3.94. The Hall–Kier alpha value is -2.47. The van der Waals surface area contributed by atoms with Crippen molar-refractivity contribution >= 4 is 28.9 Å². The molecule has 0 atom stereocenters. The Kier molecular flexibility index (Phi) is 2.87. The van der Waals surface area contributed by atoms with Crippen molar-refractivity contribution in [2.75, 3.05) is 0 Å². The van der Waals surface area contributed by atoms with Gasteiger partial charge in [0.05, 0.1) is 6.54 Å². The highest BCUT2D eigenvalue weighted by molar-refractivity contribution is 7.09. The molecule has 0 bridgehead atoms. The van der Waals surface area contributed by atoms with Gasteiger partial charge in [0, 0.05) is 22.2 Å². The van der Waals surface area contributed by atoms with Gasteiger partial charge >= 0.3 is 5.97 Å². The second-order valence-electron chi connectivity index (χ2n) is 4.32. The molecule has 6 heteroatoms. The molecule has 2 aromatic rings. The van der Waals surface area contributed by atoms with Gasteiger partial charge in [-0.25, -0.2) is 9.78 Å². The lowest BCUT2D eigenvalue weighted by Crippen LogP contribution is -2.22. The Balaban J connectivity index is 1.87. The lowest BCUT2D eigenvalue weighted by Gasteiger charge is -2.15. The van der Waals surface area contributed by atoms with E-state index in [0.29, 0.717) is 16.3 Å². The van der Waals surface area contributed by atoms with E-state index in [1.54, 1.807) is 12.1 Å². The van der Waals surface area contributed by atoms with Gasteiger partial charge in [0.1, 0.15) is 5.01 Å². The first-order valence-corrected chi connectivity index (χ1v) is 6.74. The molecule has 1 aromatic heterocycles. The van der Waals surface area contributed by atoms with Crippen LogP contribution in [0.25, 0.3) is 5.70 Å². The van der Waals surface area contributed by atoms with Crippen LogP contribution in [0.3, 0.4) is 0 Å². The first-order valence-electron chi connectivity index (χ1n) is 5.86. The summed E-state index contributed by atoms with van der Waals surface area (Å²) in [6, 6.07) is 7.26. The summed E-state index contributed by atoms with van der Waals surface area (Å²) in [4.78, 5) is 28.6. The number of thiazole rings is 1. The van der Waals surface area contributed by atoms with Gasteiger partial charge in [-0.3, -0.25) is 4.79 Å². The highest BCUT2D eigenvalue weighted by Gasteiger charge is 2.31. The lowest BCUT2D eigenvalue weighted by atomic mass is 10.1. The molecule has 2 heterocycles. The van der Waals surface area contributed by atoms with E-state index in [4.69, 9.17) is 5.11 Å². The molecule has 20 heavy (non-hydrogen) atoms. The molecule has 0 saturated heterocycles. The number of rotatable bonds is 3. The van der Waals surface area contributed by atoms with E-state index < -0.39 is 5.97 Å². The summed E-state index contributed by atoms with van der Waals surface area (Å²) in [5.74, 6) is -1.19. The van der Waals surface area contributed by atoms with Crippen molar-refractivity contribution in [3.8, 4) is 0 Å². The maximum atomic E-state index is 12.3. The van der Waals surface area contributed by atoms with Crippen LogP contribution in [0.15, 0.2) is 36.2 Å². The van der Waals surface area contributed by atoms with Crippen molar-refractivity contribution < 1.29 is 14.7 Å². The van der Waals surface area contributed by atoms with E-state index in [1.807, 2.05) is 12.1 Å². The van der Waals surface area contributed by atoms with Crippen LogP contribution in [0.2, 0.25) is 0 Å². The van der Waals surface area contributed by atoms with Gasteiger partial charge in [-0.2, -0.15) is 0 Å². The molecule has 1 aliphatic heterocycles. The molecule has 0 fully saturated rings. The summed E-state index contributed by atoms with van der Waals surface area (Å²) in [6.45, 7) is 4.17. The summed E-state index contributed by atoms with van der Waals surface area (Å²) in [5, 5.41) is 10.9. The average Bonchev–Trinajstić information content (AvgIpc) is 3.00. The topological polar surface area (TPSA) is 70.5 Å². The maximum absolute atomic E-state index is 12.3. The second-order valence-corrected chi connectivity index (χ2v) is 5.26. The molecule has 1 amide bonds. The summed E-state index contributed by atoms with van der Waals surface area (Å²) in [5.41, 5.74) is 2.05. The van der Waals surface area contributed by atoms with Crippen LogP contribution in [-0.2, 0) is 6.54 Å². The van der Waals surface area contributed by atoms with Gasteiger partial charge in [0.25, 0.3) is 5.91 Å². The van der Waals surface area contributed by atoms with Gasteiger partial charge < -0.3 is 10.0 Å². The molecule has 3 rings (SSSR count). The zero-order chi connectivity index (χ0) is 14.3. The minimum atomic E-state index is -1.07. The molecule has 0 spiro atoms. The minimum Gasteiger partial charge on any atom is -0.476 e. The quantitative estimate of drug-likeness (QED) is 0.941. The number of fused-ring (bicyclic) bond motifs is 1. The number of hydrogen-bond donors (Lipinski definition) is 1. The summed E-state index contributed by atoms with van der Waals surface area (Å²) >= 11 is 1.22. The predicted molar refractivity (Wildman–Crippen MR) is 74.4 cm³/mol. The van der Waals surface area contributed by atoms with Crippen LogP contribution in [-0.4, -0.2) is 26.9 Å². The molecule has 1 aliphatic rings. The number of benzene rings is 1. The predicted octanol–water partition coefficient (Wildman–Crippen LogP) is 2.47. The van der Waals surface area contributed by atoms with E-state index in [0.717, 1.165) is 5.56 Å². The van der Waals surface area contributed by atoms with Gasteiger partial charge in [-0.1, -0.05) is 24.8 Å². The highest BCUT2D eigenvalue weighted by atomic mass is 32.1. The van der Waals surface area contributed by atoms with Crippen molar-refractivity contribution in [3.63, 3.8) is 0 Å². The van der Waals surface area contributed by atoms with Crippen molar-refractivity contribution in [1.82, 2.24) is 9.88 Å². The van der Waals surface area contributed by atoms with Crippen LogP contribution in [0.4, 0.5) is 0 Å². The minimum absolute atomic E-state index is 0.000211. The molecule has 1 aromatic carbocycles. The molecule has 0 aliphatic carbocycles. The van der Waals surface area contributed by atoms with Crippen molar-refractivity contribution in [3.05, 3.63) is 58.1 Å². The maximum Gasteiger partial charge on any atom is 0.355 e. The Morgan fingerprint density at radius 3 is 2.65 bits per heavy atom. The molecule has 0 unspecified atom stereocenters. The zero-order valence-corrected chi connectivity index (χ0v) is 11.2.